The van der Waals surface area contributed by atoms with Crippen LogP contribution >= 0.6 is 34.7 Å². The fourth-order valence-electron chi connectivity index (χ4n) is 1.77. The van der Waals surface area contributed by atoms with Crippen LogP contribution in [0.1, 0.15) is 10.4 Å². The van der Waals surface area contributed by atoms with E-state index < -0.39 is 11.5 Å². The smallest absolute Gasteiger partial charge is 0.275 e. The minimum absolute atomic E-state index is 0.128. The molecule has 3 N–H and O–H groups in total. The molecular weight excluding hydrogens is 349 g/mol. The highest BCUT2D eigenvalue weighted by molar-refractivity contribution is 7.11. The summed E-state index contributed by atoms with van der Waals surface area (Å²) in [5.41, 5.74) is 5.12. The number of anilines is 2. The first-order valence-electron chi connectivity index (χ1n) is 6.19. The van der Waals surface area contributed by atoms with Gasteiger partial charge in [-0.25, -0.2) is 0 Å². The standard InChI is InChI=1S/C13H13Cl2N3O3S/c1-21-6-5-18-13(20)9(11(16)19)12(22-18)17-10-7(14)3-2-4-8(10)15/h2-4,17H,5-6H2,1H3,(H2,16,19). The number of rotatable bonds is 6. The Morgan fingerprint density at radius 2 is 2.05 bits per heavy atom. The molecule has 22 heavy (non-hydrogen) atoms. The molecule has 2 rings (SSSR count). The molecule has 0 saturated carbocycles. The highest BCUT2D eigenvalue weighted by atomic mass is 35.5. The lowest BCUT2D eigenvalue weighted by Gasteiger charge is -2.08. The number of ether oxygens (including phenoxy) is 1. The van der Waals surface area contributed by atoms with E-state index in [-0.39, 0.29) is 5.56 Å². The molecule has 0 spiro atoms. The topological polar surface area (TPSA) is 86.3 Å². The zero-order valence-electron chi connectivity index (χ0n) is 11.6. The van der Waals surface area contributed by atoms with Crippen LogP contribution in [-0.2, 0) is 11.3 Å². The normalized spacial score (nSPS) is 10.7. The third-order valence-corrected chi connectivity index (χ3v) is 4.50. The summed E-state index contributed by atoms with van der Waals surface area (Å²) in [5.74, 6) is -0.817. The summed E-state index contributed by atoms with van der Waals surface area (Å²) >= 11 is 13.2. The average Bonchev–Trinajstić information content (AvgIpc) is 2.77. The molecule has 0 radical (unpaired) electrons. The van der Waals surface area contributed by atoms with Gasteiger partial charge >= 0.3 is 0 Å². The van der Waals surface area contributed by atoms with Crippen molar-refractivity contribution in [3.63, 3.8) is 0 Å². The summed E-state index contributed by atoms with van der Waals surface area (Å²) in [4.78, 5) is 23.8. The average molecular weight is 362 g/mol. The van der Waals surface area contributed by atoms with Gasteiger partial charge in [-0.05, 0) is 23.7 Å². The number of amides is 1. The van der Waals surface area contributed by atoms with E-state index in [1.807, 2.05) is 0 Å². The first-order valence-corrected chi connectivity index (χ1v) is 7.72. The number of hydrogen-bond acceptors (Lipinski definition) is 5. The summed E-state index contributed by atoms with van der Waals surface area (Å²) < 4.78 is 6.32. The Hall–Kier alpha value is -1.54. The van der Waals surface area contributed by atoms with Gasteiger partial charge in [0.2, 0.25) is 0 Å². The zero-order chi connectivity index (χ0) is 16.3. The van der Waals surface area contributed by atoms with Gasteiger partial charge in [0.25, 0.3) is 11.5 Å². The second kappa shape index (κ2) is 7.15. The van der Waals surface area contributed by atoms with Crippen LogP contribution < -0.4 is 16.6 Å². The molecule has 9 heteroatoms. The van der Waals surface area contributed by atoms with Crippen LogP contribution in [0.4, 0.5) is 10.7 Å². The molecule has 118 valence electrons. The predicted octanol–water partition coefficient (Wildman–Crippen LogP) is 2.71. The van der Waals surface area contributed by atoms with Gasteiger partial charge in [-0.2, -0.15) is 0 Å². The number of hydrogen-bond donors (Lipinski definition) is 2. The monoisotopic (exact) mass is 361 g/mol. The van der Waals surface area contributed by atoms with Crippen LogP contribution in [-0.4, -0.2) is 23.6 Å². The van der Waals surface area contributed by atoms with E-state index in [2.05, 4.69) is 5.32 Å². The van der Waals surface area contributed by atoms with E-state index in [0.29, 0.717) is 33.9 Å². The van der Waals surface area contributed by atoms with Crippen LogP contribution in [0.25, 0.3) is 0 Å². The summed E-state index contributed by atoms with van der Waals surface area (Å²) in [6.45, 7) is 0.656. The minimum Gasteiger partial charge on any atom is -0.383 e. The summed E-state index contributed by atoms with van der Waals surface area (Å²) in [5, 5.41) is 3.95. The van der Waals surface area contributed by atoms with Crippen molar-refractivity contribution in [3.05, 3.63) is 44.2 Å². The van der Waals surface area contributed by atoms with Gasteiger partial charge in [-0.1, -0.05) is 29.3 Å². The quantitative estimate of drug-likeness (QED) is 0.827. The van der Waals surface area contributed by atoms with Gasteiger partial charge < -0.3 is 15.8 Å². The fraction of sp³-hybridized carbons (Fsp3) is 0.231. The van der Waals surface area contributed by atoms with E-state index in [9.17, 15) is 9.59 Å². The lowest BCUT2D eigenvalue weighted by molar-refractivity contribution is 0.0999. The molecule has 0 aliphatic carbocycles. The predicted molar refractivity (Wildman–Crippen MR) is 88.7 cm³/mol. The van der Waals surface area contributed by atoms with Crippen LogP contribution in [0.3, 0.4) is 0 Å². The van der Waals surface area contributed by atoms with E-state index in [4.69, 9.17) is 33.7 Å². The number of aromatic nitrogens is 1. The number of para-hydroxylation sites is 1. The van der Waals surface area contributed by atoms with E-state index >= 15 is 0 Å². The Kier molecular flexibility index (Phi) is 5.47. The maximum atomic E-state index is 12.2. The molecule has 0 bridgehead atoms. The van der Waals surface area contributed by atoms with E-state index in [1.54, 1.807) is 18.2 Å². The van der Waals surface area contributed by atoms with Crippen LogP contribution in [0.2, 0.25) is 10.0 Å². The Labute approximate surface area is 140 Å². The number of nitrogens with zero attached hydrogens (tertiary/aromatic N) is 1. The number of carbonyl (C=O) groups is 1. The number of methoxy groups -OCH3 is 1. The van der Waals surface area contributed by atoms with Gasteiger partial charge in [-0.15, -0.1) is 0 Å². The Morgan fingerprint density at radius 1 is 1.41 bits per heavy atom. The third-order valence-electron chi connectivity index (χ3n) is 2.82. The first-order chi connectivity index (χ1) is 10.5. The molecule has 0 saturated heterocycles. The van der Waals surface area contributed by atoms with Gasteiger partial charge in [-0.3, -0.25) is 13.5 Å². The molecule has 0 unspecified atom stereocenters. The second-order valence-corrected chi connectivity index (χ2v) is 6.13. The SMILES string of the molecule is COCCn1sc(Nc2c(Cl)cccc2Cl)c(C(N)=O)c1=O. The van der Waals surface area contributed by atoms with Crippen molar-refractivity contribution in [2.24, 2.45) is 5.73 Å². The highest BCUT2D eigenvalue weighted by Crippen LogP contribution is 2.34. The van der Waals surface area contributed by atoms with Crippen LogP contribution in [0.5, 0.6) is 0 Å². The van der Waals surface area contributed by atoms with Crippen molar-refractivity contribution in [1.82, 2.24) is 3.96 Å². The maximum Gasteiger partial charge on any atom is 0.275 e. The summed E-state index contributed by atoms with van der Waals surface area (Å²) in [6.07, 6.45) is 0. The Bertz CT molecular complexity index is 737. The number of halogens is 2. The number of primary amides is 1. The molecule has 0 aliphatic heterocycles. The number of carbonyl (C=O) groups excluding carboxylic acids is 1. The number of nitrogens with two attached hydrogens (primary N) is 1. The van der Waals surface area contributed by atoms with Gasteiger partial charge in [0.1, 0.15) is 10.6 Å². The van der Waals surface area contributed by atoms with E-state index in [0.717, 1.165) is 11.5 Å². The van der Waals surface area contributed by atoms with Gasteiger partial charge in [0.15, 0.2) is 0 Å². The molecule has 0 atom stereocenters. The van der Waals surface area contributed by atoms with Crippen molar-refractivity contribution in [3.8, 4) is 0 Å². The van der Waals surface area contributed by atoms with Gasteiger partial charge in [0, 0.05) is 7.11 Å². The van der Waals surface area contributed by atoms with Crippen LogP contribution in [0.15, 0.2) is 23.0 Å². The minimum atomic E-state index is -0.817. The first kappa shape index (κ1) is 16.8. The fourth-order valence-corrected chi connectivity index (χ4v) is 3.25. The van der Waals surface area contributed by atoms with E-state index in [1.165, 1.54) is 11.1 Å². The Balaban J connectivity index is 2.46. The highest BCUT2D eigenvalue weighted by Gasteiger charge is 2.21. The van der Waals surface area contributed by atoms with Gasteiger partial charge in [0.05, 0.1) is 28.9 Å². The largest absolute Gasteiger partial charge is 0.383 e. The summed E-state index contributed by atoms with van der Waals surface area (Å²) in [7, 11) is 1.52. The lowest BCUT2D eigenvalue weighted by Crippen LogP contribution is -2.25. The Morgan fingerprint density at radius 3 is 2.59 bits per heavy atom. The molecular formula is C13H13Cl2N3O3S. The zero-order valence-corrected chi connectivity index (χ0v) is 13.9. The third kappa shape index (κ3) is 3.44. The lowest BCUT2D eigenvalue weighted by atomic mass is 10.3. The molecule has 0 aliphatic rings. The van der Waals surface area contributed by atoms with Crippen molar-refractivity contribution >= 4 is 51.3 Å². The summed E-state index contributed by atoms with van der Waals surface area (Å²) in [6, 6.07) is 4.98. The molecule has 1 aromatic heterocycles. The van der Waals surface area contributed by atoms with Crippen molar-refractivity contribution in [2.45, 2.75) is 6.54 Å². The molecule has 0 fully saturated rings. The number of benzene rings is 1. The molecule has 6 nitrogen and oxygen atoms in total. The van der Waals surface area contributed by atoms with Crippen LogP contribution in [0, 0.1) is 0 Å². The molecule has 1 amide bonds. The van der Waals surface area contributed by atoms with Crippen molar-refractivity contribution < 1.29 is 9.53 Å². The second-order valence-electron chi connectivity index (χ2n) is 4.28. The van der Waals surface area contributed by atoms with Crippen molar-refractivity contribution in [1.29, 1.82) is 0 Å². The number of nitrogens with one attached hydrogen (secondary N) is 1. The maximum absolute atomic E-state index is 12.2. The molecule has 1 aromatic carbocycles. The molecule has 1 heterocycles. The molecule has 2 aromatic rings. The van der Waals surface area contributed by atoms with Crippen molar-refractivity contribution in [2.75, 3.05) is 19.0 Å².